The lowest BCUT2D eigenvalue weighted by Gasteiger charge is -2.19. The predicted molar refractivity (Wildman–Crippen MR) is 108 cm³/mol. The number of aromatic nitrogens is 3. The van der Waals surface area contributed by atoms with E-state index in [0.29, 0.717) is 24.3 Å². The SMILES string of the molecule is C=CC1(c2nnc(-c3ncccc3Nc3ccc(C(F)(F)F)cc3)o2)CCN(CO)C1=O. The number of hydrogen-bond acceptors (Lipinski definition) is 7. The fourth-order valence-corrected chi connectivity index (χ4v) is 3.49. The molecule has 4 rings (SSSR count). The maximum atomic E-state index is 12.8. The zero-order chi connectivity index (χ0) is 22.9. The molecule has 2 N–H and O–H groups in total. The van der Waals surface area contributed by atoms with Crippen LogP contribution in [0.4, 0.5) is 24.5 Å². The minimum Gasteiger partial charge on any atom is -0.418 e. The number of hydrogen-bond donors (Lipinski definition) is 2. The predicted octanol–water partition coefficient (Wildman–Crippen LogP) is 3.50. The normalized spacial score (nSPS) is 18.8. The number of alkyl halides is 3. The third-order valence-corrected chi connectivity index (χ3v) is 5.27. The van der Waals surface area contributed by atoms with Gasteiger partial charge in [0.1, 0.15) is 12.1 Å². The van der Waals surface area contributed by atoms with E-state index in [1.807, 2.05) is 0 Å². The summed E-state index contributed by atoms with van der Waals surface area (Å²) in [6.45, 7) is 3.60. The molecule has 32 heavy (non-hydrogen) atoms. The van der Waals surface area contributed by atoms with Gasteiger partial charge < -0.3 is 19.7 Å². The quantitative estimate of drug-likeness (QED) is 0.560. The van der Waals surface area contributed by atoms with Crippen molar-refractivity contribution in [3.63, 3.8) is 0 Å². The van der Waals surface area contributed by atoms with E-state index < -0.39 is 29.8 Å². The largest absolute Gasteiger partial charge is 0.418 e. The highest BCUT2D eigenvalue weighted by Gasteiger charge is 2.50. The first-order valence-corrected chi connectivity index (χ1v) is 9.56. The number of anilines is 2. The van der Waals surface area contributed by atoms with E-state index in [1.54, 1.807) is 12.1 Å². The Morgan fingerprint density at radius 1 is 1.25 bits per heavy atom. The molecule has 0 bridgehead atoms. The molecule has 3 aromatic rings. The van der Waals surface area contributed by atoms with Crippen molar-refractivity contribution in [1.29, 1.82) is 0 Å². The van der Waals surface area contributed by atoms with Gasteiger partial charge in [0, 0.05) is 18.4 Å². The Kier molecular flexibility index (Phi) is 5.43. The summed E-state index contributed by atoms with van der Waals surface area (Å²) in [5, 5.41) is 20.4. The van der Waals surface area contributed by atoms with E-state index in [1.165, 1.54) is 29.3 Å². The molecular weight excluding hydrogens is 427 g/mol. The second-order valence-corrected chi connectivity index (χ2v) is 7.15. The van der Waals surface area contributed by atoms with E-state index in [2.05, 4.69) is 27.1 Å². The first kappa shape index (κ1) is 21.5. The number of halogens is 3. The molecule has 3 heterocycles. The van der Waals surface area contributed by atoms with Crippen LogP contribution >= 0.6 is 0 Å². The van der Waals surface area contributed by atoms with Crippen molar-refractivity contribution in [2.24, 2.45) is 0 Å². The Labute approximate surface area is 180 Å². The second kappa shape index (κ2) is 8.08. The number of pyridine rings is 1. The molecule has 1 unspecified atom stereocenters. The van der Waals surface area contributed by atoms with Gasteiger partial charge in [0.2, 0.25) is 11.8 Å². The van der Waals surface area contributed by atoms with Crippen molar-refractivity contribution in [2.45, 2.75) is 18.0 Å². The Balaban J connectivity index is 1.64. The molecule has 166 valence electrons. The standard InChI is InChI=1S/C21H18F3N5O3/c1-2-20(9-11-29(12-30)19(20)31)18-28-27-17(32-18)16-15(4-3-10-25-16)26-14-7-5-13(6-8-14)21(22,23)24/h2-8,10,26,30H,1,9,11-12H2. The Morgan fingerprint density at radius 2 is 2.00 bits per heavy atom. The Morgan fingerprint density at radius 3 is 2.62 bits per heavy atom. The van der Waals surface area contributed by atoms with Crippen molar-refractivity contribution < 1.29 is 27.5 Å². The van der Waals surface area contributed by atoms with Crippen LogP contribution in [0.3, 0.4) is 0 Å². The number of benzene rings is 1. The zero-order valence-corrected chi connectivity index (χ0v) is 16.6. The van der Waals surface area contributed by atoms with Gasteiger partial charge in [0.05, 0.1) is 11.3 Å². The number of nitrogens with one attached hydrogen (secondary N) is 1. The molecule has 1 fully saturated rings. The topological polar surface area (TPSA) is 104 Å². The number of carbonyl (C=O) groups excluding carboxylic acids is 1. The summed E-state index contributed by atoms with van der Waals surface area (Å²) in [5.41, 5.74) is -0.924. The number of aliphatic hydroxyl groups is 1. The van der Waals surface area contributed by atoms with Crippen LogP contribution in [-0.4, -0.2) is 44.4 Å². The van der Waals surface area contributed by atoms with Crippen molar-refractivity contribution in [1.82, 2.24) is 20.1 Å². The minimum atomic E-state index is -4.43. The van der Waals surface area contributed by atoms with Crippen molar-refractivity contribution in [3.05, 3.63) is 66.7 Å². The van der Waals surface area contributed by atoms with Gasteiger partial charge in [-0.15, -0.1) is 16.8 Å². The lowest BCUT2D eigenvalue weighted by Crippen LogP contribution is -2.37. The number of aliphatic hydroxyl groups excluding tert-OH is 1. The first-order valence-electron chi connectivity index (χ1n) is 9.56. The van der Waals surface area contributed by atoms with Crippen LogP contribution in [0.1, 0.15) is 17.9 Å². The Bertz CT molecular complexity index is 1150. The smallest absolute Gasteiger partial charge is 0.416 e. The van der Waals surface area contributed by atoms with Crippen LogP contribution in [0, 0.1) is 0 Å². The molecule has 0 spiro atoms. The van der Waals surface area contributed by atoms with Crippen LogP contribution in [0.25, 0.3) is 11.6 Å². The van der Waals surface area contributed by atoms with E-state index in [-0.39, 0.29) is 17.5 Å². The molecule has 1 amide bonds. The van der Waals surface area contributed by atoms with Crippen molar-refractivity contribution >= 4 is 17.3 Å². The molecular formula is C21H18F3N5O3. The molecule has 0 saturated carbocycles. The summed E-state index contributed by atoms with van der Waals surface area (Å²) in [6.07, 6.45) is -1.20. The first-order chi connectivity index (χ1) is 15.3. The number of likely N-dealkylation sites (tertiary alicyclic amines) is 1. The van der Waals surface area contributed by atoms with Crippen LogP contribution < -0.4 is 5.32 Å². The molecule has 2 aromatic heterocycles. The third-order valence-electron chi connectivity index (χ3n) is 5.27. The fraction of sp³-hybridized carbons (Fsp3) is 0.238. The van der Waals surface area contributed by atoms with Gasteiger partial charge >= 0.3 is 6.18 Å². The maximum Gasteiger partial charge on any atom is 0.416 e. The van der Waals surface area contributed by atoms with E-state index >= 15 is 0 Å². The van der Waals surface area contributed by atoms with Crippen LogP contribution in [0.5, 0.6) is 0 Å². The fourth-order valence-electron chi connectivity index (χ4n) is 3.49. The van der Waals surface area contributed by atoms with Crippen LogP contribution in [0.2, 0.25) is 0 Å². The summed E-state index contributed by atoms with van der Waals surface area (Å²) >= 11 is 0. The number of nitrogens with zero attached hydrogens (tertiary/aromatic N) is 4. The zero-order valence-electron chi connectivity index (χ0n) is 16.6. The van der Waals surface area contributed by atoms with Gasteiger partial charge in [0.25, 0.3) is 5.89 Å². The molecule has 0 aliphatic carbocycles. The average Bonchev–Trinajstić information content (AvgIpc) is 3.39. The highest BCUT2D eigenvalue weighted by molar-refractivity contribution is 5.91. The molecule has 1 atom stereocenters. The number of rotatable bonds is 6. The van der Waals surface area contributed by atoms with E-state index in [4.69, 9.17) is 4.42 Å². The average molecular weight is 445 g/mol. The summed E-state index contributed by atoms with van der Waals surface area (Å²) in [6, 6.07) is 7.82. The highest BCUT2D eigenvalue weighted by atomic mass is 19.4. The lowest BCUT2D eigenvalue weighted by atomic mass is 9.86. The molecule has 11 heteroatoms. The maximum absolute atomic E-state index is 12.8. The van der Waals surface area contributed by atoms with Gasteiger partial charge in [-0.25, -0.2) is 4.98 Å². The van der Waals surface area contributed by atoms with Gasteiger partial charge in [-0.2, -0.15) is 13.2 Å². The van der Waals surface area contributed by atoms with Gasteiger partial charge in [0.15, 0.2) is 5.69 Å². The molecule has 1 aliphatic rings. The molecule has 1 aliphatic heterocycles. The number of amides is 1. The second-order valence-electron chi connectivity index (χ2n) is 7.15. The molecule has 8 nitrogen and oxygen atoms in total. The summed E-state index contributed by atoms with van der Waals surface area (Å²) in [7, 11) is 0. The lowest BCUT2D eigenvalue weighted by molar-refractivity contribution is -0.137. The van der Waals surface area contributed by atoms with Gasteiger partial charge in [-0.05, 0) is 42.8 Å². The van der Waals surface area contributed by atoms with Gasteiger partial charge in [-0.3, -0.25) is 4.79 Å². The van der Waals surface area contributed by atoms with E-state index in [0.717, 1.165) is 12.1 Å². The molecule has 1 saturated heterocycles. The molecule has 0 radical (unpaired) electrons. The monoisotopic (exact) mass is 445 g/mol. The molecule has 1 aromatic carbocycles. The van der Waals surface area contributed by atoms with Gasteiger partial charge in [-0.1, -0.05) is 6.08 Å². The summed E-state index contributed by atoms with van der Waals surface area (Å²) in [4.78, 5) is 18.2. The summed E-state index contributed by atoms with van der Waals surface area (Å²) < 4.78 is 44.2. The van der Waals surface area contributed by atoms with Crippen molar-refractivity contribution in [3.8, 4) is 11.6 Å². The van der Waals surface area contributed by atoms with E-state index in [9.17, 15) is 23.1 Å². The summed E-state index contributed by atoms with van der Waals surface area (Å²) in [5.74, 6) is -0.351. The number of carbonyl (C=O) groups is 1. The highest BCUT2D eigenvalue weighted by Crippen LogP contribution is 2.38. The Hall–Kier alpha value is -3.73. The van der Waals surface area contributed by atoms with Crippen molar-refractivity contribution in [2.75, 3.05) is 18.6 Å². The minimum absolute atomic E-state index is 0.0199. The third kappa shape index (κ3) is 3.71. The van der Waals surface area contributed by atoms with Crippen LogP contribution in [0.15, 0.2) is 59.7 Å². The van der Waals surface area contributed by atoms with Crippen LogP contribution in [-0.2, 0) is 16.4 Å².